The highest BCUT2D eigenvalue weighted by molar-refractivity contribution is 7.89. The molecule has 2 aromatic rings. The molecule has 1 aromatic heterocycles. The van der Waals surface area contributed by atoms with Gasteiger partial charge in [-0.15, -0.1) is 0 Å². The van der Waals surface area contributed by atoms with Gasteiger partial charge in [-0.1, -0.05) is 29.4 Å². The van der Waals surface area contributed by atoms with Crippen molar-refractivity contribution in [3.63, 3.8) is 0 Å². The number of hydrogen-bond donors (Lipinski definition) is 2. The SMILES string of the molecule is Cc1noc(C)c1S(=O)(=O)NCC(=O)OCC(=O)N[C@@H]1CCCc2ccccc21. The second-order valence-electron chi connectivity index (χ2n) is 6.85. The number of nitrogens with one attached hydrogen (secondary N) is 2. The van der Waals surface area contributed by atoms with Crippen LogP contribution >= 0.6 is 0 Å². The number of aryl methyl sites for hydroxylation is 3. The predicted molar refractivity (Wildman–Crippen MR) is 102 cm³/mol. The van der Waals surface area contributed by atoms with Gasteiger partial charge in [-0.3, -0.25) is 9.59 Å². The number of carbonyl (C=O) groups excluding carboxylic acids is 2. The van der Waals surface area contributed by atoms with Gasteiger partial charge in [0.15, 0.2) is 12.4 Å². The van der Waals surface area contributed by atoms with Crippen molar-refractivity contribution in [2.24, 2.45) is 0 Å². The normalized spacial score (nSPS) is 16.1. The molecule has 3 rings (SSSR count). The summed E-state index contributed by atoms with van der Waals surface area (Å²) in [5.41, 5.74) is 2.47. The molecule has 2 N–H and O–H groups in total. The van der Waals surface area contributed by atoms with Gasteiger partial charge in [0.25, 0.3) is 5.91 Å². The van der Waals surface area contributed by atoms with Crippen LogP contribution in [0.25, 0.3) is 0 Å². The number of carbonyl (C=O) groups is 2. The Balaban J connectivity index is 1.48. The van der Waals surface area contributed by atoms with E-state index in [4.69, 9.17) is 9.26 Å². The molecule has 0 saturated carbocycles. The molecule has 156 valence electrons. The van der Waals surface area contributed by atoms with Crippen LogP contribution in [0, 0.1) is 13.8 Å². The van der Waals surface area contributed by atoms with E-state index < -0.39 is 35.1 Å². The van der Waals surface area contributed by atoms with Crippen LogP contribution in [0.1, 0.15) is 41.5 Å². The van der Waals surface area contributed by atoms with E-state index in [-0.39, 0.29) is 22.4 Å². The fourth-order valence-electron chi connectivity index (χ4n) is 3.42. The van der Waals surface area contributed by atoms with Crippen LogP contribution in [0.2, 0.25) is 0 Å². The van der Waals surface area contributed by atoms with Crippen LogP contribution in [0.15, 0.2) is 33.7 Å². The number of benzene rings is 1. The average Bonchev–Trinajstić information content (AvgIpc) is 3.04. The summed E-state index contributed by atoms with van der Waals surface area (Å²) in [6.45, 7) is 1.86. The van der Waals surface area contributed by atoms with E-state index >= 15 is 0 Å². The highest BCUT2D eigenvalue weighted by Crippen LogP contribution is 2.29. The zero-order valence-corrected chi connectivity index (χ0v) is 17.0. The van der Waals surface area contributed by atoms with Crippen LogP contribution in [-0.4, -0.2) is 38.6 Å². The Morgan fingerprint density at radius 2 is 2.03 bits per heavy atom. The van der Waals surface area contributed by atoms with Gasteiger partial charge in [-0.25, -0.2) is 8.42 Å². The molecule has 1 atom stereocenters. The summed E-state index contributed by atoms with van der Waals surface area (Å²) in [7, 11) is -3.98. The highest BCUT2D eigenvalue weighted by atomic mass is 32.2. The molecule has 0 unspecified atom stereocenters. The number of rotatable bonds is 7. The molecule has 0 saturated heterocycles. The van der Waals surface area contributed by atoms with Crippen molar-refractivity contribution in [1.29, 1.82) is 0 Å². The first-order chi connectivity index (χ1) is 13.8. The molecular weight excluding hydrogens is 398 g/mol. The maximum Gasteiger partial charge on any atom is 0.321 e. The summed E-state index contributed by atoms with van der Waals surface area (Å²) in [4.78, 5) is 23.9. The summed E-state index contributed by atoms with van der Waals surface area (Å²) in [5, 5.41) is 6.44. The molecule has 10 heteroatoms. The highest BCUT2D eigenvalue weighted by Gasteiger charge is 2.25. The molecule has 1 amide bonds. The quantitative estimate of drug-likeness (QED) is 0.645. The zero-order chi connectivity index (χ0) is 21.0. The van der Waals surface area contributed by atoms with Crippen molar-refractivity contribution >= 4 is 21.9 Å². The first-order valence-corrected chi connectivity index (χ1v) is 10.7. The van der Waals surface area contributed by atoms with Gasteiger partial charge in [-0.2, -0.15) is 4.72 Å². The Morgan fingerprint density at radius 1 is 1.28 bits per heavy atom. The van der Waals surface area contributed by atoms with Gasteiger partial charge in [0.05, 0.1) is 6.04 Å². The number of hydrogen-bond acceptors (Lipinski definition) is 7. The van der Waals surface area contributed by atoms with Gasteiger partial charge >= 0.3 is 5.97 Å². The third-order valence-corrected chi connectivity index (χ3v) is 6.36. The van der Waals surface area contributed by atoms with Gasteiger partial charge in [-0.05, 0) is 44.2 Å². The van der Waals surface area contributed by atoms with Gasteiger partial charge < -0.3 is 14.6 Å². The largest absolute Gasteiger partial charge is 0.455 e. The van der Waals surface area contributed by atoms with E-state index in [9.17, 15) is 18.0 Å². The molecular formula is C19H23N3O6S. The third kappa shape index (κ3) is 5.01. The summed E-state index contributed by atoms with van der Waals surface area (Å²) in [6.07, 6.45) is 2.75. The smallest absolute Gasteiger partial charge is 0.321 e. The van der Waals surface area contributed by atoms with E-state index in [0.29, 0.717) is 0 Å². The maximum absolute atomic E-state index is 12.3. The Morgan fingerprint density at radius 3 is 2.76 bits per heavy atom. The number of ether oxygens (including phenoxy) is 1. The molecule has 9 nitrogen and oxygen atoms in total. The molecule has 0 radical (unpaired) electrons. The maximum atomic E-state index is 12.3. The van der Waals surface area contributed by atoms with Gasteiger partial charge in [0.2, 0.25) is 10.0 Å². The molecule has 1 heterocycles. The van der Waals surface area contributed by atoms with Crippen molar-refractivity contribution in [2.45, 2.75) is 44.0 Å². The Bertz CT molecular complexity index is 995. The Labute approximate surface area is 168 Å². The topological polar surface area (TPSA) is 128 Å². The van der Waals surface area contributed by atoms with E-state index in [1.165, 1.54) is 19.4 Å². The monoisotopic (exact) mass is 421 g/mol. The molecule has 1 aliphatic carbocycles. The predicted octanol–water partition coefficient (Wildman–Crippen LogP) is 1.31. The summed E-state index contributed by atoms with van der Waals surface area (Å²) in [6, 6.07) is 7.79. The van der Waals surface area contributed by atoms with Crippen molar-refractivity contribution in [2.75, 3.05) is 13.2 Å². The lowest BCUT2D eigenvalue weighted by atomic mass is 9.88. The molecule has 0 spiro atoms. The van der Waals surface area contributed by atoms with Crippen LogP contribution in [0.5, 0.6) is 0 Å². The van der Waals surface area contributed by atoms with Gasteiger partial charge in [0.1, 0.15) is 17.1 Å². The van der Waals surface area contributed by atoms with Crippen molar-refractivity contribution in [3.05, 3.63) is 46.8 Å². The minimum absolute atomic E-state index is 0.112. The lowest BCUT2D eigenvalue weighted by Crippen LogP contribution is -2.36. The Hall–Kier alpha value is -2.72. The third-order valence-electron chi connectivity index (χ3n) is 4.71. The second kappa shape index (κ2) is 8.75. The van der Waals surface area contributed by atoms with Crippen LogP contribution in [0.3, 0.4) is 0 Å². The molecule has 0 aliphatic heterocycles. The van der Waals surface area contributed by atoms with E-state index in [1.807, 2.05) is 24.3 Å². The molecule has 29 heavy (non-hydrogen) atoms. The average molecular weight is 421 g/mol. The lowest BCUT2D eigenvalue weighted by molar-refractivity contribution is -0.147. The summed E-state index contributed by atoms with van der Waals surface area (Å²) < 4.78 is 36.4. The van der Waals surface area contributed by atoms with E-state index in [2.05, 4.69) is 15.2 Å². The minimum atomic E-state index is -3.98. The summed E-state index contributed by atoms with van der Waals surface area (Å²) >= 11 is 0. The molecule has 1 aromatic carbocycles. The first kappa shape index (κ1) is 21.0. The molecule has 0 fully saturated rings. The van der Waals surface area contributed by atoms with Crippen molar-refractivity contribution in [3.8, 4) is 0 Å². The fraction of sp³-hybridized carbons (Fsp3) is 0.421. The zero-order valence-electron chi connectivity index (χ0n) is 16.2. The lowest BCUT2D eigenvalue weighted by Gasteiger charge is -2.26. The standard InChI is InChI=1S/C19H23N3O6S/c1-12-19(13(2)28-22-12)29(25,26)20-10-18(24)27-11-17(23)21-16-9-5-7-14-6-3-4-8-15(14)16/h3-4,6,8,16,20H,5,7,9-11H2,1-2H3,(H,21,23)/t16-/m1/s1. The molecule has 1 aliphatic rings. The van der Waals surface area contributed by atoms with Crippen molar-refractivity contribution in [1.82, 2.24) is 15.2 Å². The van der Waals surface area contributed by atoms with Crippen molar-refractivity contribution < 1.29 is 27.3 Å². The second-order valence-corrected chi connectivity index (χ2v) is 8.55. The van der Waals surface area contributed by atoms with E-state index in [1.54, 1.807) is 0 Å². The first-order valence-electron chi connectivity index (χ1n) is 9.23. The van der Waals surface area contributed by atoms with Crippen LogP contribution < -0.4 is 10.0 Å². The number of aromatic nitrogens is 1. The fourth-order valence-corrected chi connectivity index (χ4v) is 4.72. The van der Waals surface area contributed by atoms with Gasteiger partial charge in [0, 0.05) is 0 Å². The summed E-state index contributed by atoms with van der Waals surface area (Å²) in [5.74, 6) is -1.18. The number of amides is 1. The minimum Gasteiger partial charge on any atom is -0.455 e. The van der Waals surface area contributed by atoms with E-state index in [0.717, 1.165) is 24.8 Å². The number of esters is 1. The number of sulfonamides is 1. The number of nitrogens with zero attached hydrogens (tertiary/aromatic N) is 1. The van der Waals surface area contributed by atoms with Crippen LogP contribution in [-0.2, 0) is 30.8 Å². The molecule has 0 bridgehead atoms. The number of fused-ring (bicyclic) bond motifs is 1. The van der Waals surface area contributed by atoms with Crippen LogP contribution in [0.4, 0.5) is 0 Å². The Kier molecular flexibility index (Phi) is 6.33.